The Kier molecular flexibility index (Phi) is 4.14. The lowest BCUT2D eigenvalue weighted by Crippen LogP contribution is -2.11. The molecule has 1 aromatic carbocycles. The third-order valence-corrected chi connectivity index (χ3v) is 3.55. The van der Waals surface area contributed by atoms with Gasteiger partial charge in [-0.2, -0.15) is 18.3 Å². The molecule has 20 heavy (non-hydrogen) atoms. The van der Waals surface area contributed by atoms with Crippen LogP contribution in [0.3, 0.4) is 0 Å². The van der Waals surface area contributed by atoms with Crippen molar-refractivity contribution in [3.63, 3.8) is 0 Å². The fraction of sp³-hybridized carbons (Fsp3) is 0.333. The molecule has 0 bridgehead atoms. The van der Waals surface area contributed by atoms with E-state index in [-0.39, 0.29) is 16.5 Å². The average molecular weight is 350 g/mol. The second-order valence-corrected chi connectivity index (χ2v) is 5.11. The third kappa shape index (κ3) is 3.18. The molecule has 2 rings (SSSR count). The van der Waals surface area contributed by atoms with Crippen molar-refractivity contribution in [3.05, 3.63) is 46.0 Å². The lowest BCUT2D eigenvalue weighted by molar-refractivity contribution is -0.138. The Balaban J connectivity index is 2.27. The third-order valence-electron chi connectivity index (χ3n) is 2.86. The van der Waals surface area contributed by atoms with Crippen LogP contribution in [0.1, 0.15) is 23.1 Å². The number of alkyl halides is 3. The Morgan fingerprint density at radius 1 is 1.40 bits per heavy atom. The maximum atomic E-state index is 12.8. The Morgan fingerprint density at radius 3 is 2.65 bits per heavy atom. The van der Waals surface area contributed by atoms with Crippen LogP contribution in [-0.2, 0) is 19.6 Å². The van der Waals surface area contributed by atoms with Crippen LogP contribution in [0.25, 0.3) is 0 Å². The summed E-state index contributed by atoms with van der Waals surface area (Å²) in [6.07, 6.45) is -4.13. The van der Waals surface area contributed by atoms with Crippen LogP contribution in [0, 0.1) is 0 Å². The fourth-order valence-electron chi connectivity index (χ4n) is 1.76. The zero-order valence-electron chi connectivity index (χ0n) is 10.4. The van der Waals surface area contributed by atoms with Crippen molar-refractivity contribution in [2.75, 3.05) is 0 Å². The van der Waals surface area contributed by atoms with Gasteiger partial charge in [-0.1, -0.05) is 22.0 Å². The summed E-state index contributed by atoms with van der Waals surface area (Å²) < 4.78 is 39.8. The van der Waals surface area contributed by atoms with Crippen LogP contribution in [0.5, 0.6) is 0 Å². The number of benzene rings is 1. The second kappa shape index (κ2) is 5.53. The minimum Gasteiger partial charge on any atom is -0.388 e. The molecule has 0 aliphatic rings. The number of aromatic nitrogens is 3. The number of hydrogen-bond donors (Lipinski definition) is 1. The molecule has 0 saturated carbocycles. The molecule has 2 aromatic rings. The molecule has 0 radical (unpaired) electrons. The van der Waals surface area contributed by atoms with Crippen LogP contribution in [0.2, 0.25) is 0 Å². The van der Waals surface area contributed by atoms with E-state index in [1.807, 2.05) is 0 Å². The first kappa shape index (κ1) is 15.0. The maximum Gasteiger partial charge on any atom is 0.417 e. The van der Waals surface area contributed by atoms with Crippen molar-refractivity contribution in [2.24, 2.45) is 7.05 Å². The monoisotopic (exact) mass is 349 g/mol. The van der Waals surface area contributed by atoms with E-state index in [4.69, 9.17) is 0 Å². The Morgan fingerprint density at radius 2 is 2.10 bits per heavy atom. The topological polar surface area (TPSA) is 50.9 Å². The minimum absolute atomic E-state index is 0.0559. The summed E-state index contributed by atoms with van der Waals surface area (Å²) in [5.74, 6) is 0.494. The number of hydrogen-bond acceptors (Lipinski definition) is 3. The van der Waals surface area contributed by atoms with Crippen LogP contribution in [-0.4, -0.2) is 19.9 Å². The zero-order valence-corrected chi connectivity index (χ0v) is 12.0. The van der Waals surface area contributed by atoms with E-state index >= 15 is 0 Å². The van der Waals surface area contributed by atoms with E-state index in [1.54, 1.807) is 7.05 Å². The molecule has 8 heteroatoms. The van der Waals surface area contributed by atoms with Crippen LogP contribution < -0.4 is 0 Å². The highest BCUT2D eigenvalue weighted by Gasteiger charge is 2.33. The van der Waals surface area contributed by atoms with Gasteiger partial charge in [-0.15, -0.1) is 0 Å². The van der Waals surface area contributed by atoms with Crippen molar-refractivity contribution in [1.29, 1.82) is 0 Å². The number of aliphatic hydroxyl groups excluding tert-OH is 1. The van der Waals surface area contributed by atoms with Gasteiger partial charge in [-0.05, 0) is 17.7 Å². The van der Waals surface area contributed by atoms with E-state index < -0.39 is 17.8 Å². The van der Waals surface area contributed by atoms with E-state index in [0.29, 0.717) is 5.82 Å². The van der Waals surface area contributed by atoms with Crippen molar-refractivity contribution >= 4 is 15.9 Å². The predicted octanol–water partition coefficient (Wildman–Crippen LogP) is 2.87. The summed E-state index contributed by atoms with van der Waals surface area (Å²) in [4.78, 5) is 3.93. The van der Waals surface area contributed by atoms with E-state index in [9.17, 15) is 18.3 Å². The molecule has 0 aliphatic heterocycles. The van der Waals surface area contributed by atoms with Gasteiger partial charge >= 0.3 is 6.18 Å². The molecule has 4 nitrogen and oxygen atoms in total. The van der Waals surface area contributed by atoms with Crippen molar-refractivity contribution in [2.45, 2.75) is 18.7 Å². The first-order valence-electron chi connectivity index (χ1n) is 5.66. The largest absolute Gasteiger partial charge is 0.417 e. The molecular formula is C12H11BrF3N3O. The van der Waals surface area contributed by atoms with Gasteiger partial charge in [0.25, 0.3) is 0 Å². The van der Waals surface area contributed by atoms with Crippen molar-refractivity contribution in [1.82, 2.24) is 14.8 Å². The van der Waals surface area contributed by atoms with Crippen LogP contribution >= 0.6 is 15.9 Å². The van der Waals surface area contributed by atoms with Crippen LogP contribution in [0.15, 0.2) is 29.0 Å². The highest BCUT2D eigenvalue weighted by atomic mass is 79.9. The lowest BCUT2D eigenvalue weighted by atomic mass is 10.0. The highest BCUT2D eigenvalue weighted by Crippen LogP contribution is 2.36. The van der Waals surface area contributed by atoms with Crippen LogP contribution in [0.4, 0.5) is 13.2 Å². The minimum atomic E-state index is -4.47. The smallest absolute Gasteiger partial charge is 0.388 e. The standard InChI is InChI=1S/C12H11BrF3N3O/c1-19-11(17-6-18-19)5-10(20)7-2-3-9(13)8(4-7)12(14,15)16/h2-4,6,10,20H,5H2,1H3. The maximum absolute atomic E-state index is 12.8. The molecular weight excluding hydrogens is 339 g/mol. The first-order chi connectivity index (χ1) is 9.29. The molecule has 0 amide bonds. The van der Waals surface area contributed by atoms with Gasteiger partial charge in [0.15, 0.2) is 0 Å². The van der Waals surface area contributed by atoms with Gasteiger partial charge < -0.3 is 5.11 Å². The molecule has 108 valence electrons. The summed E-state index contributed by atoms with van der Waals surface area (Å²) in [6, 6.07) is 3.66. The SMILES string of the molecule is Cn1ncnc1CC(O)c1ccc(Br)c(C(F)(F)F)c1. The van der Waals surface area contributed by atoms with E-state index in [2.05, 4.69) is 26.0 Å². The van der Waals surface area contributed by atoms with E-state index in [0.717, 1.165) is 6.07 Å². The summed E-state index contributed by atoms with van der Waals surface area (Å²) in [6.45, 7) is 0. The summed E-state index contributed by atoms with van der Waals surface area (Å²) >= 11 is 2.86. The quantitative estimate of drug-likeness (QED) is 0.926. The molecule has 0 saturated heterocycles. The first-order valence-corrected chi connectivity index (χ1v) is 6.46. The van der Waals surface area contributed by atoms with Gasteiger partial charge in [-0.3, -0.25) is 4.68 Å². The van der Waals surface area contributed by atoms with Gasteiger partial charge in [0, 0.05) is 17.9 Å². The zero-order chi connectivity index (χ0) is 14.9. The lowest BCUT2D eigenvalue weighted by Gasteiger charge is -2.14. The normalized spacial score (nSPS) is 13.5. The Bertz CT molecular complexity index is 612. The predicted molar refractivity (Wildman–Crippen MR) is 68.8 cm³/mol. The highest BCUT2D eigenvalue weighted by molar-refractivity contribution is 9.10. The number of aliphatic hydroxyl groups is 1. The summed E-state index contributed by atoms with van der Waals surface area (Å²) in [7, 11) is 1.65. The molecule has 1 unspecified atom stereocenters. The second-order valence-electron chi connectivity index (χ2n) is 4.26. The van der Waals surface area contributed by atoms with Gasteiger partial charge in [-0.25, -0.2) is 4.98 Å². The molecule has 1 N–H and O–H groups in total. The number of rotatable bonds is 3. The Hall–Kier alpha value is -1.41. The average Bonchev–Trinajstić information content (AvgIpc) is 2.74. The van der Waals surface area contributed by atoms with Gasteiger partial charge in [0.2, 0.25) is 0 Å². The Labute approximate surface area is 121 Å². The van der Waals surface area contributed by atoms with E-state index in [1.165, 1.54) is 23.1 Å². The molecule has 1 aromatic heterocycles. The molecule has 1 atom stereocenters. The molecule has 1 heterocycles. The molecule has 0 aliphatic carbocycles. The van der Waals surface area contributed by atoms with Gasteiger partial charge in [0.1, 0.15) is 12.2 Å². The number of halogens is 4. The summed E-state index contributed by atoms with van der Waals surface area (Å²) in [5.41, 5.74) is -0.629. The molecule has 0 spiro atoms. The molecule has 0 fully saturated rings. The van der Waals surface area contributed by atoms with Crippen molar-refractivity contribution < 1.29 is 18.3 Å². The van der Waals surface area contributed by atoms with Gasteiger partial charge in [0.05, 0.1) is 11.7 Å². The fourth-order valence-corrected chi connectivity index (χ4v) is 2.23. The summed E-state index contributed by atoms with van der Waals surface area (Å²) in [5, 5.41) is 13.9. The number of aryl methyl sites for hydroxylation is 1. The number of nitrogens with zero attached hydrogens (tertiary/aromatic N) is 3. The van der Waals surface area contributed by atoms with Crippen molar-refractivity contribution in [3.8, 4) is 0 Å².